The van der Waals surface area contributed by atoms with Gasteiger partial charge in [-0.3, -0.25) is 4.79 Å². The molecule has 5 nitrogen and oxygen atoms in total. The van der Waals surface area contributed by atoms with Crippen molar-refractivity contribution >= 4 is 5.97 Å². The van der Waals surface area contributed by atoms with Crippen LogP contribution in [0.3, 0.4) is 0 Å². The Labute approximate surface area is 71.2 Å². The van der Waals surface area contributed by atoms with Crippen LogP contribution in [0, 0.1) is 10.8 Å². The van der Waals surface area contributed by atoms with Crippen LogP contribution in [-0.2, 0) is 9.53 Å². The summed E-state index contributed by atoms with van der Waals surface area (Å²) in [5.41, 5.74) is 5.46. The number of ether oxygens (including phenoxy) is 1. The first kappa shape index (κ1) is 11.0. The average molecular weight is 174 g/mol. The van der Waals surface area contributed by atoms with Crippen LogP contribution in [0.1, 0.15) is 13.8 Å². The lowest BCUT2D eigenvalue weighted by Gasteiger charge is -2.13. The molecule has 0 rings (SSSR count). The molecule has 0 aromatic carbocycles. The van der Waals surface area contributed by atoms with Crippen molar-refractivity contribution in [2.75, 3.05) is 13.2 Å². The lowest BCUT2D eigenvalue weighted by atomic mass is 10.1. The molecule has 0 aliphatic rings. The lowest BCUT2D eigenvalue weighted by molar-refractivity contribution is -0.145. The maximum atomic E-state index is 11.0. The van der Waals surface area contributed by atoms with Gasteiger partial charge in [-0.15, -0.1) is 0 Å². The minimum absolute atomic E-state index is 0.0166. The van der Waals surface area contributed by atoms with Gasteiger partial charge in [-0.1, -0.05) is 19.0 Å². The van der Waals surface area contributed by atoms with Gasteiger partial charge in [0.2, 0.25) is 0 Å². The smallest absolute Gasteiger partial charge is 0.323 e. The molecule has 0 aliphatic carbocycles. The molecule has 1 atom stereocenters. The Morgan fingerprint density at radius 3 is 2.58 bits per heavy atom. The van der Waals surface area contributed by atoms with Crippen LogP contribution in [0.25, 0.3) is 0 Å². The summed E-state index contributed by atoms with van der Waals surface area (Å²) < 4.78 is 4.65. The van der Waals surface area contributed by atoms with E-state index in [1.165, 1.54) is 0 Å². The van der Waals surface area contributed by atoms with Gasteiger partial charge in [-0.2, -0.15) is 4.91 Å². The van der Waals surface area contributed by atoms with E-state index in [9.17, 15) is 9.70 Å². The van der Waals surface area contributed by atoms with Gasteiger partial charge < -0.3 is 10.5 Å². The van der Waals surface area contributed by atoms with E-state index in [2.05, 4.69) is 9.91 Å². The van der Waals surface area contributed by atoms with Gasteiger partial charge in [0, 0.05) is 0 Å². The third kappa shape index (κ3) is 4.02. The quantitative estimate of drug-likeness (QED) is 0.368. The second-order valence-corrected chi connectivity index (χ2v) is 2.79. The summed E-state index contributed by atoms with van der Waals surface area (Å²) in [4.78, 5) is 20.6. The van der Waals surface area contributed by atoms with Crippen molar-refractivity contribution in [2.24, 2.45) is 16.8 Å². The monoisotopic (exact) mass is 174 g/mol. The number of hydrogen-bond acceptors (Lipinski definition) is 5. The summed E-state index contributed by atoms with van der Waals surface area (Å²) in [5.74, 6) is -0.435. The average Bonchev–Trinajstić information content (AvgIpc) is 2.03. The summed E-state index contributed by atoms with van der Waals surface area (Å²) in [6.07, 6.45) is 0. The molecular weight excluding hydrogens is 160 g/mol. The normalized spacial score (nSPS) is 12.7. The molecule has 0 aromatic heterocycles. The van der Waals surface area contributed by atoms with Crippen LogP contribution < -0.4 is 5.73 Å². The number of rotatable bonds is 5. The van der Waals surface area contributed by atoms with E-state index in [1.807, 2.05) is 13.8 Å². The molecule has 5 heteroatoms. The molecule has 0 heterocycles. The second kappa shape index (κ2) is 5.65. The highest BCUT2D eigenvalue weighted by atomic mass is 16.5. The number of nitroso groups, excluding NO2 is 1. The molecule has 0 saturated carbocycles. The number of carbonyl (C=O) groups is 1. The highest BCUT2D eigenvalue weighted by Gasteiger charge is 2.18. The minimum atomic E-state index is -0.614. The Kier molecular flexibility index (Phi) is 5.19. The van der Waals surface area contributed by atoms with Crippen LogP contribution in [-0.4, -0.2) is 25.2 Å². The minimum Gasteiger partial charge on any atom is -0.462 e. The lowest BCUT2D eigenvalue weighted by Crippen LogP contribution is -2.37. The van der Waals surface area contributed by atoms with E-state index in [0.29, 0.717) is 0 Å². The number of nitrogens with two attached hydrogens (primary N) is 1. The fourth-order valence-electron chi connectivity index (χ4n) is 0.552. The summed E-state index contributed by atoms with van der Waals surface area (Å²) in [7, 11) is 0. The number of nitrogens with zero attached hydrogens (tertiary/aromatic N) is 1. The van der Waals surface area contributed by atoms with Crippen molar-refractivity contribution in [3.63, 3.8) is 0 Å². The van der Waals surface area contributed by atoms with Crippen molar-refractivity contribution in [1.82, 2.24) is 0 Å². The molecule has 0 aromatic rings. The molecule has 0 radical (unpaired) electrons. The first-order valence-electron chi connectivity index (χ1n) is 3.81. The SMILES string of the molecule is CC(C)[C@H](N)C(=O)OCCN=O. The Hall–Kier alpha value is -0.970. The van der Waals surface area contributed by atoms with Crippen molar-refractivity contribution in [2.45, 2.75) is 19.9 Å². The van der Waals surface area contributed by atoms with Gasteiger partial charge in [-0.05, 0) is 5.92 Å². The topological polar surface area (TPSA) is 81.8 Å². The summed E-state index contributed by atoms with van der Waals surface area (Å²) >= 11 is 0. The predicted molar refractivity (Wildman–Crippen MR) is 44.4 cm³/mol. The fourth-order valence-corrected chi connectivity index (χ4v) is 0.552. The van der Waals surface area contributed by atoms with Crippen LogP contribution in [0.15, 0.2) is 5.18 Å². The molecule has 0 aliphatic heterocycles. The zero-order chi connectivity index (χ0) is 9.56. The molecule has 0 bridgehead atoms. The standard InChI is InChI=1S/C7H14N2O3/c1-5(2)6(8)7(10)12-4-3-9-11/h5-6H,3-4,8H2,1-2H3/t6-/m0/s1. The third-order valence-corrected chi connectivity index (χ3v) is 1.42. The molecule has 0 spiro atoms. The summed E-state index contributed by atoms with van der Waals surface area (Å²) in [6, 6.07) is -0.614. The molecular formula is C7H14N2O3. The first-order chi connectivity index (χ1) is 5.59. The molecule has 0 saturated heterocycles. The van der Waals surface area contributed by atoms with Crippen molar-refractivity contribution < 1.29 is 9.53 Å². The van der Waals surface area contributed by atoms with Gasteiger partial charge in [-0.25, -0.2) is 0 Å². The molecule has 2 N–H and O–H groups in total. The zero-order valence-corrected chi connectivity index (χ0v) is 7.32. The third-order valence-electron chi connectivity index (χ3n) is 1.42. The molecule has 0 unspecified atom stereocenters. The number of esters is 1. The van der Waals surface area contributed by atoms with E-state index < -0.39 is 12.0 Å². The van der Waals surface area contributed by atoms with E-state index in [-0.39, 0.29) is 19.1 Å². The maximum Gasteiger partial charge on any atom is 0.323 e. The van der Waals surface area contributed by atoms with E-state index in [1.54, 1.807) is 0 Å². The van der Waals surface area contributed by atoms with Crippen LogP contribution >= 0.6 is 0 Å². The van der Waals surface area contributed by atoms with E-state index >= 15 is 0 Å². The van der Waals surface area contributed by atoms with E-state index in [0.717, 1.165) is 0 Å². The van der Waals surface area contributed by atoms with Crippen molar-refractivity contribution in [3.05, 3.63) is 4.91 Å². The van der Waals surface area contributed by atoms with Gasteiger partial charge in [0.1, 0.15) is 19.2 Å². The predicted octanol–water partition coefficient (Wildman–Crippen LogP) is 0.279. The largest absolute Gasteiger partial charge is 0.462 e. The number of hydrogen-bond donors (Lipinski definition) is 1. The summed E-state index contributed by atoms with van der Waals surface area (Å²) in [5, 5.41) is 2.54. The van der Waals surface area contributed by atoms with Gasteiger partial charge in [0.25, 0.3) is 0 Å². The zero-order valence-electron chi connectivity index (χ0n) is 7.32. The molecule has 70 valence electrons. The number of carbonyl (C=O) groups excluding carboxylic acids is 1. The summed E-state index contributed by atoms with van der Waals surface area (Å²) in [6.45, 7) is 3.65. The Balaban J connectivity index is 3.64. The van der Waals surface area contributed by atoms with Crippen molar-refractivity contribution in [1.29, 1.82) is 0 Å². The molecule has 12 heavy (non-hydrogen) atoms. The van der Waals surface area contributed by atoms with E-state index in [4.69, 9.17) is 5.73 Å². The highest BCUT2D eigenvalue weighted by molar-refractivity contribution is 5.75. The van der Waals surface area contributed by atoms with Gasteiger partial charge in [0.15, 0.2) is 0 Å². The van der Waals surface area contributed by atoms with Gasteiger partial charge >= 0.3 is 5.97 Å². The Bertz CT molecular complexity index is 159. The molecule has 0 fully saturated rings. The van der Waals surface area contributed by atoms with Gasteiger partial charge in [0.05, 0.1) is 0 Å². The van der Waals surface area contributed by atoms with Crippen molar-refractivity contribution in [3.8, 4) is 0 Å². The highest BCUT2D eigenvalue weighted by Crippen LogP contribution is 1.99. The van der Waals surface area contributed by atoms with Crippen LogP contribution in [0.4, 0.5) is 0 Å². The van der Waals surface area contributed by atoms with Crippen LogP contribution in [0.5, 0.6) is 0 Å². The van der Waals surface area contributed by atoms with Crippen LogP contribution in [0.2, 0.25) is 0 Å². The fraction of sp³-hybridized carbons (Fsp3) is 0.857. The Morgan fingerprint density at radius 1 is 1.58 bits per heavy atom. The first-order valence-corrected chi connectivity index (χ1v) is 3.81. The Morgan fingerprint density at radius 2 is 2.17 bits per heavy atom. The maximum absolute atomic E-state index is 11.0. The second-order valence-electron chi connectivity index (χ2n) is 2.79. The molecule has 0 amide bonds.